The molecule has 27 heavy (non-hydrogen) atoms. The van der Waals surface area contributed by atoms with Gasteiger partial charge in [0.05, 0.1) is 37.9 Å². The van der Waals surface area contributed by atoms with Crippen molar-refractivity contribution in [2.75, 3.05) is 26.3 Å². The lowest BCUT2D eigenvalue weighted by Crippen LogP contribution is -2.66. The van der Waals surface area contributed by atoms with E-state index in [0.717, 1.165) is 31.6 Å². The largest absolute Gasteiger partial charge is 0.477 e. The highest BCUT2D eigenvalue weighted by Crippen LogP contribution is 2.38. The zero-order valence-electron chi connectivity index (χ0n) is 15.8. The molecule has 0 radical (unpaired) electrons. The maximum atomic E-state index is 12.5. The molecule has 0 aliphatic carbocycles. The molecule has 2 aromatic heterocycles. The summed E-state index contributed by atoms with van der Waals surface area (Å²) in [5.41, 5.74) is 1.15. The van der Waals surface area contributed by atoms with Crippen molar-refractivity contribution in [2.24, 2.45) is 13.0 Å². The highest BCUT2D eigenvalue weighted by Gasteiger charge is 2.49. The van der Waals surface area contributed by atoms with Crippen molar-refractivity contribution < 1.29 is 14.3 Å². The molecule has 2 fully saturated rings. The number of carbonyl (C=O) groups is 1. The van der Waals surface area contributed by atoms with Gasteiger partial charge < -0.3 is 18.9 Å². The zero-order chi connectivity index (χ0) is 18.9. The second-order valence-corrected chi connectivity index (χ2v) is 7.61. The molecule has 8 heteroatoms. The Morgan fingerprint density at radius 2 is 2.26 bits per heavy atom. The summed E-state index contributed by atoms with van der Waals surface area (Å²) in [5, 5.41) is 0. The molecule has 1 amide bonds. The minimum absolute atomic E-state index is 0.0201. The average molecular weight is 371 g/mol. The lowest BCUT2D eigenvalue weighted by molar-refractivity contribution is -0.166. The second kappa shape index (κ2) is 7.26. The van der Waals surface area contributed by atoms with Gasteiger partial charge in [0.1, 0.15) is 11.3 Å². The molecule has 4 rings (SSSR count). The van der Waals surface area contributed by atoms with Gasteiger partial charge in [0.15, 0.2) is 0 Å². The minimum atomic E-state index is -0.198. The number of likely N-dealkylation sites (tertiary alicyclic amines) is 1. The first-order valence-corrected chi connectivity index (χ1v) is 9.36. The average Bonchev–Trinajstić information content (AvgIpc) is 3.06. The fraction of sp³-hybridized carbons (Fsp3) is 0.579. The van der Waals surface area contributed by atoms with Crippen molar-refractivity contribution in [2.45, 2.75) is 31.8 Å². The third-order valence-electron chi connectivity index (χ3n) is 5.27. The number of aryl methyl sites for hydroxylation is 2. The van der Waals surface area contributed by atoms with Gasteiger partial charge in [-0.25, -0.2) is 9.97 Å². The van der Waals surface area contributed by atoms with Crippen molar-refractivity contribution in [3.8, 4) is 5.88 Å². The zero-order valence-corrected chi connectivity index (χ0v) is 15.8. The molecule has 2 aromatic rings. The highest BCUT2D eigenvalue weighted by atomic mass is 16.5. The van der Waals surface area contributed by atoms with E-state index in [1.54, 1.807) is 29.5 Å². The van der Waals surface area contributed by atoms with Crippen LogP contribution in [0.4, 0.5) is 0 Å². The van der Waals surface area contributed by atoms with Crippen LogP contribution >= 0.6 is 0 Å². The normalized spacial score (nSPS) is 21.1. The summed E-state index contributed by atoms with van der Waals surface area (Å²) in [7, 11) is 1.86. The van der Waals surface area contributed by atoms with Gasteiger partial charge in [-0.2, -0.15) is 0 Å². The summed E-state index contributed by atoms with van der Waals surface area (Å²) in [6, 6.07) is 0. The summed E-state index contributed by atoms with van der Waals surface area (Å²) in [5.74, 6) is 1.09. The molecule has 0 saturated carbocycles. The molecule has 0 unspecified atom stereocenters. The van der Waals surface area contributed by atoms with Gasteiger partial charge >= 0.3 is 0 Å². The maximum Gasteiger partial charge on any atom is 0.274 e. The number of amides is 1. The number of rotatable bonds is 5. The standard InChI is InChI=1S/C19H25N5O3/c1-14-8-20-9-17(22-14)26-5-3-15-4-6-27-19(7-15)11-24(12-19)18(25)16-10-23(2)13-21-16/h8-10,13,15H,3-7,11-12H2,1-2H3/t15-/m1/s1. The molecule has 0 bridgehead atoms. The van der Waals surface area contributed by atoms with Crippen molar-refractivity contribution >= 4 is 5.91 Å². The van der Waals surface area contributed by atoms with E-state index in [4.69, 9.17) is 9.47 Å². The quantitative estimate of drug-likeness (QED) is 0.794. The Kier molecular flexibility index (Phi) is 4.82. The Morgan fingerprint density at radius 3 is 3.00 bits per heavy atom. The van der Waals surface area contributed by atoms with E-state index < -0.39 is 0 Å². The first-order valence-electron chi connectivity index (χ1n) is 9.36. The molecular formula is C19H25N5O3. The van der Waals surface area contributed by atoms with Gasteiger partial charge in [-0.15, -0.1) is 0 Å². The smallest absolute Gasteiger partial charge is 0.274 e. The van der Waals surface area contributed by atoms with Crippen LogP contribution in [-0.2, 0) is 11.8 Å². The van der Waals surface area contributed by atoms with Crippen LogP contribution in [0.15, 0.2) is 24.9 Å². The predicted octanol–water partition coefficient (Wildman–Crippen LogP) is 1.61. The molecule has 2 aliphatic heterocycles. The first-order chi connectivity index (χ1) is 13.0. The number of aromatic nitrogens is 4. The van der Waals surface area contributed by atoms with Gasteiger partial charge in [-0.3, -0.25) is 9.78 Å². The number of ether oxygens (including phenoxy) is 2. The molecule has 0 N–H and O–H groups in total. The van der Waals surface area contributed by atoms with Crippen LogP contribution in [0.25, 0.3) is 0 Å². The predicted molar refractivity (Wildman–Crippen MR) is 97.4 cm³/mol. The van der Waals surface area contributed by atoms with Crippen LogP contribution < -0.4 is 4.74 Å². The monoisotopic (exact) mass is 371 g/mol. The third-order valence-corrected chi connectivity index (χ3v) is 5.27. The van der Waals surface area contributed by atoms with Crippen molar-refractivity contribution in [1.82, 2.24) is 24.4 Å². The Morgan fingerprint density at radius 1 is 1.41 bits per heavy atom. The van der Waals surface area contributed by atoms with Gasteiger partial charge in [0, 0.05) is 26.0 Å². The molecular weight excluding hydrogens is 346 g/mol. The molecule has 2 aliphatic rings. The second-order valence-electron chi connectivity index (χ2n) is 7.61. The fourth-order valence-corrected chi connectivity index (χ4v) is 3.91. The summed E-state index contributed by atoms with van der Waals surface area (Å²) >= 11 is 0. The van der Waals surface area contributed by atoms with Gasteiger partial charge in [0.2, 0.25) is 5.88 Å². The highest BCUT2D eigenvalue weighted by molar-refractivity contribution is 5.92. The molecule has 8 nitrogen and oxygen atoms in total. The van der Waals surface area contributed by atoms with E-state index in [2.05, 4.69) is 15.0 Å². The van der Waals surface area contributed by atoms with Gasteiger partial charge in [-0.05, 0) is 32.1 Å². The van der Waals surface area contributed by atoms with Crippen LogP contribution in [0.5, 0.6) is 5.88 Å². The Hall–Kier alpha value is -2.48. The molecule has 0 aromatic carbocycles. The van der Waals surface area contributed by atoms with E-state index in [1.807, 2.05) is 18.9 Å². The number of hydrogen-bond acceptors (Lipinski definition) is 6. The number of imidazole rings is 1. The van der Waals surface area contributed by atoms with Gasteiger partial charge in [0.25, 0.3) is 5.91 Å². The Labute approximate surface area is 158 Å². The summed E-state index contributed by atoms with van der Waals surface area (Å²) in [6.45, 7) is 4.54. The first kappa shape index (κ1) is 17.9. The molecule has 4 heterocycles. The van der Waals surface area contributed by atoms with Crippen molar-refractivity contribution in [3.63, 3.8) is 0 Å². The topological polar surface area (TPSA) is 82.4 Å². The molecule has 1 spiro atoms. The number of nitrogens with zero attached hydrogens (tertiary/aromatic N) is 5. The Balaban J connectivity index is 1.26. The fourth-order valence-electron chi connectivity index (χ4n) is 3.91. The van der Waals surface area contributed by atoms with Crippen molar-refractivity contribution in [1.29, 1.82) is 0 Å². The van der Waals surface area contributed by atoms with E-state index in [1.165, 1.54) is 0 Å². The lowest BCUT2D eigenvalue weighted by Gasteiger charge is -2.53. The molecule has 144 valence electrons. The van der Waals surface area contributed by atoms with Crippen LogP contribution in [0.2, 0.25) is 0 Å². The van der Waals surface area contributed by atoms with E-state index in [9.17, 15) is 4.79 Å². The van der Waals surface area contributed by atoms with E-state index >= 15 is 0 Å². The number of carbonyl (C=O) groups excluding carboxylic acids is 1. The minimum Gasteiger partial charge on any atom is -0.477 e. The summed E-state index contributed by atoms with van der Waals surface area (Å²) < 4.78 is 13.6. The Bertz CT molecular complexity index is 815. The lowest BCUT2D eigenvalue weighted by atomic mass is 9.79. The number of hydrogen-bond donors (Lipinski definition) is 0. The van der Waals surface area contributed by atoms with E-state index in [0.29, 0.717) is 37.2 Å². The van der Waals surface area contributed by atoms with Crippen LogP contribution in [0.1, 0.15) is 35.4 Å². The third kappa shape index (κ3) is 3.95. The summed E-state index contributed by atoms with van der Waals surface area (Å²) in [4.78, 5) is 26.8. The van der Waals surface area contributed by atoms with Gasteiger partial charge in [-0.1, -0.05) is 0 Å². The molecule has 2 saturated heterocycles. The van der Waals surface area contributed by atoms with Crippen LogP contribution in [-0.4, -0.2) is 62.2 Å². The summed E-state index contributed by atoms with van der Waals surface area (Å²) in [6.07, 6.45) is 9.70. The SMILES string of the molecule is Cc1cncc(OCC[C@@H]2CCOC3(C2)CN(C(=O)c2cn(C)cn2)C3)n1. The maximum absolute atomic E-state index is 12.5. The van der Waals surface area contributed by atoms with E-state index in [-0.39, 0.29) is 11.5 Å². The van der Waals surface area contributed by atoms with Crippen LogP contribution in [0, 0.1) is 12.8 Å². The molecule has 1 atom stereocenters. The van der Waals surface area contributed by atoms with Crippen molar-refractivity contribution in [3.05, 3.63) is 36.3 Å². The van der Waals surface area contributed by atoms with Crippen LogP contribution in [0.3, 0.4) is 0 Å².